The van der Waals surface area contributed by atoms with Gasteiger partial charge in [-0.15, -0.1) is 11.3 Å². The van der Waals surface area contributed by atoms with Gasteiger partial charge < -0.3 is 10.6 Å². The van der Waals surface area contributed by atoms with Gasteiger partial charge in [-0.25, -0.2) is 8.42 Å². The molecule has 0 radical (unpaired) electrons. The van der Waals surface area contributed by atoms with Gasteiger partial charge in [0.05, 0.1) is 6.42 Å². The molecule has 144 valence electrons. The fourth-order valence-corrected chi connectivity index (χ4v) is 7.61. The Bertz CT molecular complexity index is 770. The number of carbonyl (C=O) groups excluding carboxylic acids is 1. The quantitative estimate of drug-likeness (QED) is 0.837. The average molecular weight is 398 g/mol. The molecule has 3 aliphatic rings. The molecule has 0 bridgehead atoms. The smallest absolute Gasteiger partial charge is 0.252 e. The van der Waals surface area contributed by atoms with Crippen molar-refractivity contribution in [3.05, 3.63) is 17.0 Å². The molecule has 8 heteroatoms. The summed E-state index contributed by atoms with van der Waals surface area (Å²) in [5, 5.41) is 0. The van der Waals surface area contributed by atoms with Crippen molar-refractivity contribution in [3.63, 3.8) is 0 Å². The largest absolute Gasteiger partial charge is 0.342 e. The zero-order valence-electron chi connectivity index (χ0n) is 15.0. The van der Waals surface area contributed by atoms with E-state index >= 15 is 0 Å². The van der Waals surface area contributed by atoms with E-state index in [9.17, 15) is 13.2 Å². The molecule has 1 saturated carbocycles. The highest BCUT2D eigenvalue weighted by Gasteiger charge is 2.42. The molecule has 26 heavy (non-hydrogen) atoms. The van der Waals surface area contributed by atoms with Crippen LogP contribution in [0, 0.1) is 11.8 Å². The summed E-state index contributed by atoms with van der Waals surface area (Å²) in [4.78, 5) is 15.4. The third-order valence-electron chi connectivity index (χ3n) is 6.14. The van der Waals surface area contributed by atoms with Gasteiger partial charge in [0.1, 0.15) is 4.21 Å². The second-order valence-corrected chi connectivity index (χ2v) is 11.2. The molecule has 0 spiro atoms. The zero-order valence-corrected chi connectivity index (χ0v) is 16.6. The van der Waals surface area contributed by atoms with Crippen molar-refractivity contribution in [3.8, 4) is 0 Å². The maximum atomic E-state index is 12.7. The van der Waals surface area contributed by atoms with Crippen LogP contribution in [-0.2, 0) is 21.2 Å². The van der Waals surface area contributed by atoms with Crippen LogP contribution in [0.2, 0.25) is 0 Å². The SMILES string of the molecule is NC1CCC2CN(C(=O)Cc3ccc(S(=O)(=O)N4CCCCC4)s3)CC12. The highest BCUT2D eigenvalue weighted by Crippen LogP contribution is 2.37. The first-order valence-electron chi connectivity index (χ1n) is 9.57. The summed E-state index contributed by atoms with van der Waals surface area (Å²) in [5.74, 6) is 1.08. The maximum Gasteiger partial charge on any atom is 0.252 e. The highest BCUT2D eigenvalue weighted by molar-refractivity contribution is 7.91. The van der Waals surface area contributed by atoms with Crippen LogP contribution in [-0.4, -0.2) is 55.8 Å². The highest BCUT2D eigenvalue weighted by atomic mass is 32.2. The lowest BCUT2D eigenvalue weighted by Crippen LogP contribution is -2.35. The molecule has 2 N–H and O–H groups in total. The van der Waals surface area contributed by atoms with Crippen molar-refractivity contribution < 1.29 is 13.2 Å². The molecule has 1 amide bonds. The monoisotopic (exact) mass is 397 g/mol. The molecule has 6 nitrogen and oxygen atoms in total. The lowest BCUT2D eigenvalue weighted by molar-refractivity contribution is -0.129. The Morgan fingerprint density at radius 1 is 1.15 bits per heavy atom. The number of carbonyl (C=O) groups is 1. The first-order valence-corrected chi connectivity index (χ1v) is 11.8. The van der Waals surface area contributed by atoms with Crippen LogP contribution in [0.1, 0.15) is 37.0 Å². The number of piperidine rings is 1. The first-order chi connectivity index (χ1) is 12.4. The summed E-state index contributed by atoms with van der Waals surface area (Å²) in [6.45, 7) is 2.77. The number of likely N-dealkylation sites (tertiary alicyclic amines) is 1. The molecular formula is C18H27N3O3S2. The molecule has 1 aromatic heterocycles. The Morgan fingerprint density at radius 2 is 1.92 bits per heavy atom. The van der Waals surface area contributed by atoms with Gasteiger partial charge in [0.2, 0.25) is 5.91 Å². The Morgan fingerprint density at radius 3 is 2.65 bits per heavy atom. The minimum absolute atomic E-state index is 0.0929. The average Bonchev–Trinajstić information content (AvgIpc) is 3.34. The molecule has 1 aliphatic carbocycles. The molecule has 0 aromatic carbocycles. The second kappa shape index (κ2) is 7.22. The van der Waals surface area contributed by atoms with Gasteiger partial charge in [-0.2, -0.15) is 4.31 Å². The van der Waals surface area contributed by atoms with Gasteiger partial charge in [-0.1, -0.05) is 6.42 Å². The molecule has 4 rings (SSSR count). The number of nitrogens with zero attached hydrogens (tertiary/aromatic N) is 2. The number of amides is 1. The molecule has 3 heterocycles. The third-order valence-corrected chi connectivity index (χ3v) is 9.59. The van der Waals surface area contributed by atoms with Crippen LogP contribution in [0.25, 0.3) is 0 Å². The van der Waals surface area contributed by atoms with Gasteiger partial charge >= 0.3 is 0 Å². The summed E-state index contributed by atoms with van der Waals surface area (Å²) < 4.78 is 27.4. The topological polar surface area (TPSA) is 83.7 Å². The number of hydrogen-bond donors (Lipinski definition) is 1. The number of thiophene rings is 1. The minimum atomic E-state index is -3.41. The number of hydrogen-bond acceptors (Lipinski definition) is 5. The summed E-state index contributed by atoms with van der Waals surface area (Å²) in [6, 6.07) is 3.68. The fourth-order valence-electron chi connectivity index (χ4n) is 4.60. The van der Waals surface area contributed by atoms with E-state index in [2.05, 4.69) is 0 Å². The molecule has 1 aromatic rings. The van der Waals surface area contributed by atoms with Crippen LogP contribution in [0.4, 0.5) is 0 Å². The van der Waals surface area contributed by atoms with Gasteiger partial charge in [0.15, 0.2) is 0 Å². The summed E-state index contributed by atoms with van der Waals surface area (Å²) in [7, 11) is -3.41. The Labute approximate surface area is 159 Å². The fraction of sp³-hybridized carbons (Fsp3) is 0.722. The number of nitrogens with two attached hydrogens (primary N) is 1. The Kier molecular flexibility index (Phi) is 5.11. The molecule has 3 atom stereocenters. The maximum absolute atomic E-state index is 12.7. The van der Waals surface area contributed by atoms with E-state index < -0.39 is 10.0 Å². The third kappa shape index (κ3) is 3.44. The van der Waals surface area contributed by atoms with E-state index in [0.29, 0.717) is 29.1 Å². The second-order valence-electron chi connectivity index (χ2n) is 7.83. The summed E-state index contributed by atoms with van der Waals surface area (Å²) in [5.41, 5.74) is 6.15. The van der Waals surface area contributed by atoms with Crippen molar-refractivity contribution in [1.82, 2.24) is 9.21 Å². The van der Waals surface area contributed by atoms with Crippen LogP contribution in [0.3, 0.4) is 0 Å². The van der Waals surface area contributed by atoms with E-state index in [0.717, 1.165) is 50.1 Å². The predicted molar refractivity (Wildman–Crippen MR) is 101 cm³/mol. The standard InChI is InChI=1S/C18H27N3O3S2/c19-16-6-4-13-11-20(12-15(13)16)17(22)10-14-5-7-18(25-14)26(23,24)21-8-2-1-3-9-21/h5,7,13,15-16H,1-4,6,8-12,19H2. The molecule has 2 aliphatic heterocycles. The summed E-state index contributed by atoms with van der Waals surface area (Å²) in [6.07, 6.45) is 5.42. The van der Waals surface area contributed by atoms with E-state index in [4.69, 9.17) is 5.73 Å². The summed E-state index contributed by atoms with van der Waals surface area (Å²) >= 11 is 1.24. The molecule has 3 unspecified atom stereocenters. The van der Waals surface area contributed by atoms with Gasteiger partial charge in [-0.3, -0.25) is 4.79 Å². The van der Waals surface area contributed by atoms with Gasteiger partial charge in [-0.05, 0) is 49.7 Å². The van der Waals surface area contributed by atoms with Crippen molar-refractivity contribution in [2.24, 2.45) is 17.6 Å². The number of fused-ring (bicyclic) bond motifs is 1. The molecule has 3 fully saturated rings. The van der Waals surface area contributed by atoms with Gasteiger partial charge in [0, 0.05) is 37.1 Å². The van der Waals surface area contributed by atoms with E-state index in [-0.39, 0.29) is 18.4 Å². The number of rotatable bonds is 4. The first kappa shape index (κ1) is 18.4. The van der Waals surface area contributed by atoms with Gasteiger partial charge in [0.25, 0.3) is 10.0 Å². The van der Waals surface area contributed by atoms with E-state index in [1.54, 1.807) is 16.4 Å². The van der Waals surface area contributed by atoms with Crippen LogP contribution >= 0.6 is 11.3 Å². The van der Waals surface area contributed by atoms with Crippen LogP contribution in [0.15, 0.2) is 16.3 Å². The van der Waals surface area contributed by atoms with Crippen molar-refractivity contribution in [1.29, 1.82) is 0 Å². The van der Waals surface area contributed by atoms with E-state index in [1.165, 1.54) is 11.3 Å². The number of sulfonamides is 1. The normalized spacial score (nSPS) is 29.9. The van der Waals surface area contributed by atoms with E-state index in [1.807, 2.05) is 4.90 Å². The zero-order chi connectivity index (χ0) is 18.3. The van der Waals surface area contributed by atoms with Crippen molar-refractivity contribution >= 4 is 27.3 Å². The van der Waals surface area contributed by atoms with Crippen LogP contribution < -0.4 is 5.73 Å². The van der Waals surface area contributed by atoms with Crippen molar-refractivity contribution in [2.45, 2.75) is 48.8 Å². The van der Waals surface area contributed by atoms with Crippen LogP contribution in [0.5, 0.6) is 0 Å². The Hall–Kier alpha value is -0.960. The Balaban J connectivity index is 1.40. The van der Waals surface area contributed by atoms with Crippen molar-refractivity contribution in [2.75, 3.05) is 26.2 Å². The molecule has 2 saturated heterocycles. The lowest BCUT2D eigenvalue weighted by atomic mass is 9.98. The lowest BCUT2D eigenvalue weighted by Gasteiger charge is -2.25. The molecular weight excluding hydrogens is 370 g/mol. The predicted octanol–water partition coefficient (Wildman–Crippen LogP) is 1.66. The minimum Gasteiger partial charge on any atom is -0.342 e.